The van der Waals surface area contributed by atoms with Gasteiger partial charge in [0.05, 0.1) is 5.76 Å². The van der Waals surface area contributed by atoms with Gasteiger partial charge in [0.2, 0.25) is 0 Å². The van der Waals surface area contributed by atoms with E-state index in [1.54, 1.807) is 0 Å². The Bertz CT molecular complexity index is 125. The third-order valence-corrected chi connectivity index (χ3v) is 0.876. The zero-order valence-corrected chi connectivity index (χ0v) is 5.85. The van der Waals surface area contributed by atoms with E-state index >= 15 is 0 Å². The third-order valence-electron chi connectivity index (χ3n) is 0.876. The lowest BCUT2D eigenvalue weighted by atomic mass is 10.2. The molecule has 0 aliphatic carbocycles. The van der Waals surface area contributed by atoms with Crippen LogP contribution in [0.5, 0.6) is 0 Å². The number of aliphatic hydroxyl groups is 1. The topological polar surface area (TPSA) is 37.3 Å². The highest BCUT2D eigenvalue weighted by Crippen LogP contribution is 1.98. The van der Waals surface area contributed by atoms with Gasteiger partial charge in [0.25, 0.3) is 0 Å². The Labute approximate surface area is 55.2 Å². The Balaban J connectivity index is 3.69. The van der Waals surface area contributed by atoms with Crippen molar-refractivity contribution in [3.8, 4) is 0 Å². The van der Waals surface area contributed by atoms with Crippen LogP contribution >= 0.6 is 0 Å². The maximum Gasteiger partial charge on any atom is 0.155 e. The first kappa shape index (κ1) is 8.21. The van der Waals surface area contributed by atoms with Crippen molar-refractivity contribution in [2.75, 3.05) is 0 Å². The van der Waals surface area contributed by atoms with Crippen molar-refractivity contribution in [1.29, 1.82) is 0 Å². The summed E-state index contributed by atoms with van der Waals surface area (Å²) < 4.78 is 0. The molecule has 1 N–H and O–H groups in total. The van der Waals surface area contributed by atoms with E-state index in [-0.39, 0.29) is 11.5 Å². The highest BCUT2D eigenvalue weighted by atomic mass is 16.3. The molecule has 0 aromatic carbocycles. The molecule has 2 heteroatoms. The second-order valence-electron chi connectivity index (χ2n) is 2.00. The van der Waals surface area contributed by atoms with Gasteiger partial charge in [0, 0.05) is 12.5 Å². The van der Waals surface area contributed by atoms with E-state index < -0.39 is 0 Å². The predicted octanol–water partition coefficient (Wildman–Crippen LogP) is 1.82. The molecule has 0 bridgehead atoms. The number of rotatable bonds is 3. The van der Waals surface area contributed by atoms with Gasteiger partial charge < -0.3 is 5.11 Å². The van der Waals surface area contributed by atoms with Gasteiger partial charge in [-0.15, -0.1) is 0 Å². The molecule has 0 atom stereocenters. The van der Waals surface area contributed by atoms with E-state index in [4.69, 9.17) is 5.11 Å². The Morgan fingerprint density at radius 3 is 2.56 bits per heavy atom. The third kappa shape index (κ3) is 5.07. The lowest BCUT2D eigenvalue weighted by Gasteiger charge is -1.92. The van der Waals surface area contributed by atoms with E-state index in [0.717, 1.165) is 6.42 Å². The van der Waals surface area contributed by atoms with Crippen LogP contribution in [-0.2, 0) is 4.79 Å². The Morgan fingerprint density at radius 2 is 2.22 bits per heavy atom. The molecule has 0 heterocycles. The van der Waals surface area contributed by atoms with Crippen LogP contribution < -0.4 is 0 Å². The molecule has 0 unspecified atom stereocenters. The normalized spacial score (nSPS) is 11.6. The number of ketones is 1. The molecule has 2 nitrogen and oxygen atoms in total. The number of aliphatic hydroxyl groups excluding tert-OH is 1. The van der Waals surface area contributed by atoms with Crippen LogP contribution in [0.25, 0.3) is 0 Å². The average molecular weight is 128 g/mol. The fraction of sp³-hybridized carbons (Fsp3) is 0.571. The number of allylic oxidation sites excluding steroid dienone is 2. The lowest BCUT2D eigenvalue weighted by Crippen LogP contribution is -1.87. The van der Waals surface area contributed by atoms with Crippen molar-refractivity contribution in [3.05, 3.63) is 11.8 Å². The van der Waals surface area contributed by atoms with Gasteiger partial charge in [-0.3, -0.25) is 4.79 Å². The SMILES string of the molecule is CCC/C(O)=C/C(C)=O. The summed E-state index contributed by atoms with van der Waals surface area (Å²) in [5.41, 5.74) is 0. The highest BCUT2D eigenvalue weighted by Gasteiger charge is 1.91. The maximum absolute atomic E-state index is 10.3. The first-order chi connectivity index (χ1) is 4.16. The molecule has 0 aromatic rings. The molecular formula is C7H12O2. The van der Waals surface area contributed by atoms with Crippen molar-refractivity contribution in [2.24, 2.45) is 0 Å². The van der Waals surface area contributed by atoms with Gasteiger partial charge in [-0.2, -0.15) is 0 Å². The summed E-state index contributed by atoms with van der Waals surface area (Å²) in [6.07, 6.45) is 2.72. The zero-order valence-electron chi connectivity index (χ0n) is 5.85. The first-order valence-corrected chi connectivity index (χ1v) is 3.07. The number of hydrogen-bond donors (Lipinski definition) is 1. The van der Waals surface area contributed by atoms with Crippen LogP contribution in [0.4, 0.5) is 0 Å². The van der Waals surface area contributed by atoms with E-state index in [9.17, 15) is 4.79 Å². The van der Waals surface area contributed by atoms with Crippen LogP contribution in [0.1, 0.15) is 26.7 Å². The minimum absolute atomic E-state index is 0.0963. The van der Waals surface area contributed by atoms with Gasteiger partial charge >= 0.3 is 0 Å². The molecule has 0 aliphatic heterocycles. The summed E-state index contributed by atoms with van der Waals surface area (Å²) in [7, 11) is 0. The predicted molar refractivity (Wildman–Crippen MR) is 36.3 cm³/mol. The summed E-state index contributed by atoms with van der Waals surface area (Å²) in [6, 6.07) is 0. The summed E-state index contributed by atoms with van der Waals surface area (Å²) in [4.78, 5) is 10.3. The van der Waals surface area contributed by atoms with E-state index in [0.29, 0.717) is 6.42 Å². The smallest absolute Gasteiger partial charge is 0.155 e. The minimum atomic E-state index is -0.0963. The fourth-order valence-corrected chi connectivity index (χ4v) is 0.563. The van der Waals surface area contributed by atoms with Crippen molar-refractivity contribution >= 4 is 5.78 Å². The quantitative estimate of drug-likeness (QED) is 0.465. The van der Waals surface area contributed by atoms with Crippen LogP contribution in [-0.4, -0.2) is 10.9 Å². The molecule has 0 radical (unpaired) electrons. The average Bonchev–Trinajstić information content (AvgIpc) is 1.63. The Kier molecular flexibility index (Phi) is 3.76. The van der Waals surface area contributed by atoms with Gasteiger partial charge in [-0.1, -0.05) is 6.92 Å². The van der Waals surface area contributed by atoms with Crippen LogP contribution in [0.3, 0.4) is 0 Å². The van der Waals surface area contributed by atoms with E-state index in [2.05, 4.69) is 0 Å². The molecule has 52 valence electrons. The van der Waals surface area contributed by atoms with Gasteiger partial charge in [-0.05, 0) is 13.3 Å². The van der Waals surface area contributed by atoms with Gasteiger partial charge in [0.1, 0.15) is 0 Å². The van der Waals surface area contributed by atoms with Crippen molar-refractivity contribution in [2.45, 2.75) is 26.7 Å². The Morgan fingerprint density at radius 1 is 1.67 bits per heavy atom. The lowest BCUT2D eigenvalue weighted by molar-refractivity contribution is -0.112. The first-order valence-electron chi connectivity index (χ1n) is 3.07. The maximum atomic E-state index is 10.3. The number of carbonyl (C=O) groups excluding carboxylic acids is 1. The van der Waals surface area contributed by atoms with E-state index in [1.165, 1.54) is 13.0 Å². The second-order valence-corrected chi connectivity index (χ2v) is 2.00. The monoisotopic (exact) mass is 128 g/mol. The highest BCUT2D eigenvalue weighted by molar-refractivity contribution is 5.87. The summed E-state index contributed by atoms with van der Waals surface area (Å²) >= 11 is 0. The number of hydrogen-bond acceptors (Lipinski definition) is 2. The van der Waals surface area contributed by atoms with Gasteiger partial charge in [0.15, 0.2) is 5.78 Å². The standard InChI is InChI=1S/C7H12O2/c1-3-4-7(9)5-6(2)8/h5,9H,3-4H2,1-2H3/b7-5-. The van der Waals surface area contributed by atoms with Crippen molar-refractivity contribution in [1.82, 2.24) is 0 Å². The molecule has 0 spiro atoms. The molecule has 0 saturated heterocycles. The zero-order chi connectivity index (χ0) is 7.28. The minimum Gasteiger partial charge on any atom is -0.512 e. The van der Waals surface area contributed by atoms with Crippen molar-refractivity contribution in [3.63, 3.8) is 0 Å². The summed E-state index contributed by atoms with van der Waals surface area (Å²) in [5, 5.41) is 8.86. The molecule has 0 rings (SSSR count). The fourth-order valence-electron chi connectivity index (χ4n) is 0.563. The Hall–Kier alpha value is -0.790. The molecule has 0 saturated carbocycles. The van der Waals surface area contributed by atoms with Crippen molar-refractivity contribution < 1.29 is 9.90 Å². The molecule has 0 aliphatic rings. The largest absolute Gasteiger partial charge is 0.512 e. The van der Waals surface area contributed by atoms with Gasteiger partial charge in [-0.25, -0.2) is 0 Å². The van der Waals surface area contributed by atoms with E-state index in [1.807, 2.05) is 6.92 Å². The van der Waals surface area contributed by atoms with Crippen LogP contribution in [0.2, 0.25) is 0 Å². The second kappa shape index (κ2) is 4.13. The summed E-state index contributed by atoms with van der Waals surface area (Å²) in [6.45, 7) is 3.37. The molecule has 0 fully saturated rings. The molecule has 9 heavy (non-hydrogen) atoms. The van der Waals surface area contributed by atoms with Crippen LogP contribution in [0, 0.1) is 0 Å². The molecule has 0 aromatic heterocycles. The molecular weight excluding hydrogens is 116 g/mol. The number of carbonyl (C=O) groups is 1. The molecule has 0 amide bonds. The van der Waals surface area contributed by atoms with Crippen LogP contribution in [0.15, 0.2) is 11.8 Å². The summed E-state index contributed by atoms with van der Waals surface area (Å²) in [5.74, 6) is 0.0888.